The molecule has 0 fully saturated rings. The van der Waals surface area contributed by atoms with Crippen LogP contribution in [-0.2, 0) is 4.79 Å². The molecule has 0 aliphatic carbocycles. The number of halogens is 1. The zero-order valence-corrected chi connectivity index (χ0v) is 14.9. The van der Waals surface area contributed by atoms with Crippen LogP contribution in [0.15, 0.2) is 28.4 Å². The number of aliphatic hydroxyl groups excluding tert-OH is 1. The molecule has 0 aliphatic rings. The number of anilines is 1. The summed E-state index contributed by atoms with van der Waals surface area (Å²) in [5.41, 5.74) is 3.74. The number of hydrogen-bond acceptors (Lipinski definition) is 5. The fraction of sp³-hybridized carbons (Fsp3) is 0.529. The Morgan fingerprint density at radius 3 is 2.67 bits per heavy atom. The second-order valence-electron chi connectivity index (χ2n) is 5.56. The molecule has 0 aromatic heterocycles. The van der Waals surface area contributed by atoms with Gasteiger partial charge in [0.2, 0.25) is 0 Å². The smallest absolute Gasteiger partial charge is 0.286 e. The average Bonchev–Trinajstić information content (AvgIpc) is 2.56. The number of hydrogen-bond donors (Lipinski definition) is 1. The second-order valence-corrected chi connectivity index (χ2v) is 5.93. The van der Waals surface area contributed by atoms with Crippen molar-refractivity contribution in [2.75, 3.05) is 30.5 Å². The van der Waals surface area contributed by atoms with Gasteiger partial charge in [0.25, 0.3) is 5.91 Å². The van der Waals surface area contributed by atoms with Crippen molar-refractivity contribution < 1.29 is 9.90 Å². The summed E-state index contributed by atoms with van der Waals surface area (Å²) in [6, 6.07) is 5.94. The van der Waals surface area contributed by atoms with Gasteiger partial charge in [-0.05, 0) is 44.4 Å². The first-order chi connectivity index (χ1) is 11.5. The maximum Gasteiger partial charge on any atom is 0.286 e. The molecule has 132 valence electrons. The lowest BCUT2D eigenvalue weighted by Crippen LogP contribution is -2.28. The van der Waals surface area contributed by atoms with Crippen LogP contribution in [0.3, 0.4) is 0 Å². The summed E-state index contributed by atoms with van der Waals surface area (Å²) in [4.78, 5) is 27.6. The summed E-state index contributed by atoms with van der Waals surface area (Å²) in [5, 5.41) is 11.6. The molecule has 0 saturated heterocycles. The lowest BCUT2D eigenvalue weighted by atomic mass is 10.1. The fourth-order valence-corrected chi connectivity index (χ4v) is 2.51. The van der Waals surface area contributed by atoms with E-state index in [1.54, 1.807) is 0 Å². The monoisotopic (exact) mass is 353 g/mol. The normalized spacial score (nSPS) is 11.4. The van der Waals surface area contributed by atoms with Crippen molar-refractivity contribution >= 4 is 34.6 Å². The zero-order chi connectivity index (χ0) is 17.9. The molecule has 0 spiro atoms. The number of aliphatic hydroxyl groups is 1. The molecule has 1 aromatic rings. The predicted molar refractivity (Wildman–Crippen MR) is 98.6 cm³/mol. The van der Waals surface area contributed by atoms with E-state index < -0.39 is 5.91 Å². The van der Waals surface area contributed by atoms with E-state index in [2.05, 4.69) is 10.2 Å². The van der Waals surface area contributed by atoms with Gasteiger partial charge in [-0.15, -0.1) is 16.5 Å². The number of aryl methyl sites for hydroxylation is 1. The number of carbonyl (C=O) groups excluding carboxylic acids is 1. The van der Waals surface area contributed by atoms with Crippen molar-refractivity contribution in [2.24, 2.45) is 10.2 Å². The summed E-state index contributed by atoms with van der Waals surface area (Å²) < 4.78 is 0. The first-order valence-corrected chi connectivity index (χ1v) is 8.48. The maximum atomic E-state index is 10.9. The third kappa shape index (κ3) is 6.76. The Hall–Kier alpha value is -1.79. The number of amides is 1. The number of aliphatic imine (C=N–C) groups is 1. The van der Waals surface area contributed by atoms with E-state index in [0.717, 1.165) is 22.6 Å². The van der Waals surface area contributed by atoms with Gasteiger partial charge >= 0.3 is 0 Å². The molecule has 1 N–H and O–H groups in total. The summed E-state index contributed by atoms with van der Waals surface area (Å²) in [6.07, 6.45) is 1.34. The first kappa shape index (κ1) is 20.3. The highest BCUT2D eigenvalue weighted by Gasteiger charge is 2.08. The fourth-order valence-electron chi connectivity index (χ4n) is 2.31. The zero-order valence-electron chi connectivity index (χ0n) is 14.2. The van der Waals surface area contributed by atoms with Gasteiger partial charge < -0.3 is 10.0 Å². The van der Waals surface area contributed by atoms with E-state index >= 15 is 0 Å². The van der Waals surface area contributed by atoms with Crippen molar-refractivity contribution in [3.8, 4) is 0 Å². The first-order valence-electron chi connectivity index (χ1n) is 7.94. The van der Waals surface area contributed by atoms with E-state index in [0.29, 0.717) is 31.8 Å². The molecule has 1 aromatic carbocycles. The molecule has 0 saturated carbocycles. The molecule has 0 unspecified atom stereocenters. The van der Waals surface area contributed by atoms with Crippen LogP contribution in [-0.4, -0.2) is 42.3 Å². The lowest BCUT2D eigenvalue weighted by molar-refractivity contribution is -0.118. The third-order valence-corrected chi connectivity index (χ3v) is 3.79. The third-order valence-electron chi connectivity index (χ3n) is 3.62. The molecule has 24 heavy (non-hydrogen) atoms. The van der Waals surface area contributed by atoms with E-state index in [1.807, 2.05) is 36.9 Å². The Labute approximate surface area is 147 Å². The molecule has 0 aliphatic heterocycles. The Balaban J connectivity index is 2.86. The number of nitroso groups, excluding NO2 is 1. The van der Waals surface area contributed by atoms with E-state index in [-0.39, 0.29) is 13.0 Å². The minimum absolute atomic E-state index is 0.0567. The number of benzene rings is 1. The van der Waals surface area contributed by atoms with Crippen molar-refractivity contribution in [2.45, 2.75) is 33.1 Å². The van der Waals surface area contributed by atoms with E-state index in [9.17, 15) is 14.8 Å². The highest BCUT2D eigenvalue weighted by molar-refractivity contribution is 6.18. The maximum absolute atomic E-state index is 10.9. The molecule has 0 radical (unpaired) electrons. The summed E-state index contributed by atoms with van der Waals surface area (Å²) in [5.74, 6) is -0.147. The standard InChI is InChI=1S/C17H24ClN3O3/c1-13-6-7-15(21(9-8-18)10-11-22)12-16(13)19-14(2)4-3-5-17(23)20-24/h6-7,12,22H,3-5,8-11H2,1-2H3/b19-14+. The molecule has 0 bridgehead atoms. The Morgan fingerprint density at radius 1 is 1.29 bits per heavy atom. The highest BCUT2D eigenvalue weighted by Crippen LogP contribution is 2.26. The van der Waals surface area contributed by atoms with Gasteiger partial charge in [-0.3, -0.25) is 9.79 Å². The molecule has 0 atom stereocenters. The molecular formula is C17H24ClN3O3. The van der Waals surface area contributed by atoms with Crippen LogP contribution < -0.4 is 4.90 Å². The van der Waals surface area contributed by atoms with Crippen LogP contribution in [0.4, 0.5) is 11.4 Å². The Kier molecular flexibility index (Phi) is 9.19. The SMILES string of the molecule is C/C(CCCC(=O)N=O)=N\c1cc(N(CCO)CCCl)ccc1C. The van der Waals surface area contributed by atoms with E-state index in [4.69, 9.17) is 11.6 Å². The van der Waals surface area contributed by atoms with Crippen LogP contribution in [0.2, 0.25) is 0 Å². The second kappa shape index (κ2) is 10.9. The van der Waals surface area contributed by atoms with Gasteiger partial charge in [-0.2, -0.15) is 0 Å². The highest BCUT2D eigenvalue weighted by atomic mass is 35.5. The largest absolute Gasteiger partial charge is 0.395 e. The minimum Gasteiger partial charge on any atom is -0.395 e. The number of alkyl halides is 1. The predicted octanol–water partition coefficient (Wildman–Crippen LogP) is 3.59. The van der Waals surface area contributed by atoms with Gasteiger partial charge in [-0.25, -0.2) is 0 Å². The van der Waals surface area contributed by atoms with Gasteiger partial charge in [0.15, 0.2) is 0 Å². The Morgan fingerprint density at radius 2 is 2.04 bits per heavy atom. The van der Waals surface area contributed by atoms with Crippen LogP contribution >= 0.6 is 11.6 Å². The van der Waals surface area contributed by atoms with Gasteiger partial charge in [0.1, 0.15) is 0 Å². The number of nitrogens with zero attached hydrogens (tertiary/aromatic N) is 3. The van der Waals surface area contributed by atoms with E-state index in [1.165, 1.54) is 0 Å². The van der Waals surface area contributed by atoms with Crippen molar-refractivity contribution in [3.05, 3.63) is 28.7 Å². The quantitative estimate of drug-likeness (QED) is 0.396. The molecule has 7 heteroatoms. The Bertz CT molecular complexity index is 584. The summed E-state index contributed by atoms with van der Waals surface area (Å²) >= 11 is 5.82. The summed E-state index contributed by atoms with van der Waals surface area (Å²) in [7, 11) is 0. The van der Waals surface area contributed by atoms with Crippen molar-refractivity contribution in [1.29, 1.82) is 0 Å². The van der Waals surface area contributed by atoms with Crippen LogP contribution in [0.1, 0.15) is 31.7 Å². The van der Waals surface area contributed by atoms with Gasteiger partial charge in [0, 0.05) is 42.0 Å². The molecule has 0 heterocycles. The number of carbonyl (C=O) groups is 1. The minimum atomic E-state index is -0.623. The molecule has 1 amide bonds. The van der Waals surface area contributed by atoms with Crippen molar-refractivity contribution in [3.63, 3.8) is 0 Å². The average molecular weight is 354 g/mol. The number of rotatable bonds is 10. The topological polar surface area (TPSA) is 82.3 Å². The molecular weight excluding hydrogens is 330 g/mol. The van der Waals surface area contributed by atoms with Crippen LogP contribution in [0.25, 0.3) is 0 Å². The summed E-state index contributed by atoms with van der Waals surface area (Å²) in [6.45, 7) is 5.09. The van der Waals surface area contributed by atoms with Crippen LogP contribution in [0.5, 0.6) is 0 Å². The lowest BCUT2D eigenvalue weighted by Gasteiger charge is -2.23. The van der Waals surface area contributed by atoms with Gasteiger partial charge in [0.05, 0.1) is 12.3 Å². The van der Waals surface area contributed by atoms with Crippen LogP contribution in [0, 0.1) is 11.8 Å². The van der Waals surface area contributed by atoms with Crippen molar-refractivity contribution in [1.82, 2.24) is 0 Å². The van der Waals surface area contributed by atoms with Gasteiger partial charge in [-0.1, -0.05) is 6.07 Å². The molecule has 1 rings (SSSR count). The molecule has 6 nitrogen and oxygen atoms in total.